The Morgan fingerprint density at radius 2 is 1.13 bits per heavy atom. The van der Waals surface area contributed by atoms with E-state index in [2.05, 4.69) is 108 Å². The van der Waals surface area contributed by atoms with Crippen LogP contribution in [0.15, 0.2) is 145 Å². The average Bonchev–Trinajstić information content (AvgIpc) is 3.13. The summed E-state index contributed by atoms with van der Waals surface area (Å²) in [6.45, 7) is 1.95. The molecule has 1 aromatic heterocycles. The van der Waals surface area contributed by atoms with Crippen molar-refractivity contribution in [1.29, 1.82) is 10.5 Å². The van der Waals surface area contributed by atoms with Gasteiger partial charge < -0.3 is 5.73 Å². The van der Waals surface area contributed by atoms with Gasteiger partial charge in [-0.3, -0.25) is 0 Å². The number of hydrogen-bond donors (Lipinski definition) is 1. The third kappa shape index (κ3) is 5.15. The van der Waals surface area contributed by atoms with Crippen molar-refractivity contribution >= 4 is 37.9 Å². The Bertz CT molecular complexity index is 2470. The van der Waals surface area contributed by atoms with Gasteiger partial charge in [0.05, 0.1) is 0 Å². The second-order valence-corrected chi connectivity index (χ2v) is 11.2. The molecule has 7 rings (SSSR count). The fourth-order valence-electron chi connectivity index (χ4n) is 6.28. The van der Waals surface area contributed by atoms with Gasteiger partial charge in [-0.25, -0.2) is 4.98 Å². The Hall–Kier alpha value is -6.49. The van der Waals surface area contributed by atoms with Gasteiger partial charge in [0.2, 0.25) is 0 Å². The minimum absolute atomic E-state index is 0.177. The van der Waals surface area contributed by atoms with E-state index in [1.54, 1.807) is 12.3 Å². The lowest BCUT2D eigenvalue weighted by atomic mass is 9.89. The van der Waals surface area contributed by atoms with Crippen molar-refractivity contribution in [3.63, 3.8) is 0 Å². The van der Waals surface area contributed by atoms with Crippen LogP contribution in [0.5, 0.6) is 0 Å². The quantitative estimate of drug-likeness (QED) is 0.123. The van der Waals surface area contributed by atoms with Gasteiger partial charge in [0.15, 0.2) is 0 Å². The number of allylic oxidation sites excluding steroid dienone is 4. The standard InChI is InChI=1S/C42H28N4/c1-2-27(21-35(45)25-43)28-7-5-8-29(19-28)32-13-15-39-37-11-3-4-12-38(37)40-16-14-33(24-42(40)41(39)23-32)30-9-6-10-31(20-30)34-17-18-46-36(22-34)26-44/h2-24H,45H2,1H3/b27-2+,35-21-. The lowest BCUT2D eigenvalue weighted by Crippen LogP contribution is -1.94. The number of nitrogens with two attached hydrogens (primary N) is 1. The molecular weight excluding hydrogens is 560 g/mol. The van der Waals surface area contributed by atoms with Crippen LogP contribution in [0.1, 0.15) is 18.2 Å². The van der Waals surface area contributed by atoms with Crippen molar-refractivity contribution in [3.05, 3.63) is 157 Å². The van der Waals surface area contributed by atoms with Crippen molar-refractivity contribution in [2.24, 2.45) is 5.73 Å². The molecule has 0 aliphatic carbocycles. The molecule has 1 heterocycles. The van der Waals surface area contributed by atoms with E-state index in [1.165, 1.54) is 32.3 Å². The number of nitrogens with zero attached hydrogens (tertiary/aromatic N) is 3. The van der Waals surface area contributed by atoms with Crippen molar-refractivity contribution in [3.8, 4) is 45.5 Å². The predicted molar refractivity (Wildman–Crippen MR) is 189 cm³/mol. The van der Waals surface area contributed by atoms with E-state index in [0.29, 0.717) is 5.69 Å². The molecule has 216 valence electrons. The highest BCUT2D eigenvalue weighted by atomic mass is 14.7. The third-order valence-electron chi connectivity index (χ3n) is 8.52. The minimum Gasteiger partial charge on any atom is -0.390 e. The zero-order valence-corrected chi connectivity index (χ0v) is 25.2. The van der Waals surface area contributed by atoms with Gasteiger partial charge in [-0.05, 0) is 126 Å². The van der Waals surface area contributed by atoms with Gasteiger partial charge >= 0.3 is 0 Å². The number of nitriles is 2. The third-order valence-corrected chi connectivity index (χ3v) is 8.52. The van der Waals surface area contributed by atoms with Crippen LogP contribution in [0.25, 0.3) is 71.3 Å². The maximum Gasteiger partial charge on any atom is 0.141 e. The van der Waals surface area contributed by atoms with Gasteiger partial charge in [-0.1, -0.05) is 91.0 Å². The van der Waals surface area contributed by atoms with E-state index >= 15 is 0 Å². The van der Waals surface area contributed by atoms with Crippen molar-refractivity contribution in [2.45, 2.75) is 6.92 Å². The number of pyridine rings is 1. The minimum atomic E-state index is 0.177. The Morgan fingerprint density at radius 3 is 1.72 bits per heavy atom. The van der Waals surface area contributed by atoms with E-state index in [-0.39, 0.29) is 5.70 Å². The predicted octanol–water partition coefficient (Wildman–Crippen LogP) is 10.2. The summed E-state index contributed by atoms with van der Waals surface area (Å²) in [4.78, 5) is 4.13. The first-order chi connectivity index (χ1) is 22.6. The molecule has 4 heteroatoms. The Labute approximate surface area is 267 Å². The molecule has 0 saturated carbocycles. The van der Waals surface area contributed by atoms with Crippen molar-refractivity contribution in [1.82, 2.24) is 4.98 Å². The molecule has 0 fully saturated rings. The zero-order valence-electron chi connectivity index (χ0n) is 25.2. The van der Waals surface area contributed by atoms with Gasteiger partial charge in [0.1, 0.15) is 23.5 Å². The largest absolute Gasteiger partial charge is 0.390 e. The molecule has 6 aromatic carbocycles. The number of rotatable bonds is 5. The van der Waals surface area contributed by atoms with Crippen LogP contribution in [-0.4, -0.2) is 4.98 Å². The number of aromatic nitrogens is 1. The first-order valence-electron chi connectivity index (χ1n) is 15.1. The molecule has 0 unspecified atom stereocenters. The van der Waals surface area contributed by atoms with Crippen molar-refractivity contribution in [2.75, 3.05) is 0 Å². The molecule has 0 aliphatic rings. The maximum absolute atomic E-state index is 9.35. The normalized spacial score (nSPS) is 11.9. The zero-order chi connectivity index (χ0) is 31.6. The van der Waals surface area contributed by atoms with Gasteiger partial charge in [-0.15, -0.1) is 0 Å². The van der Waals surface area contributed by atoms with Crippen LogP contribution in [-0.2, 0) is 0 Å². The lowest BCUT2D eigenvalue weighted by Gasteiger charge is -2.14. The summed E-state index contributed by atoms with van der Waals surface area (Å²) in [6.07, 6.45) is 5.36. The molecule has 0 bridgehead atoms. The number of benzene rings is 6. The second kappa shape index (κ2) is 11.9. The Balaban J connectivity index is 1.41. The molecule has 0 radical (unpaired) electrons. The monoisotopic (exact) mass is 588 g/mol. The number of fused-ring (bicyclic) bond motifs is 6. The average molecular weight is 589 g/mol. The Kier molecular flexibility index (Phi) is 7.31. The molecule has 7 aromatic rings. The SMILES string of the molecule is C/C=C(\C=C(/N)C#N)c1cccc(-c2ccc3c4ccccc4c4ccc(-c5cccc(-c6ccnc(C#N)c6)c5)cc4c3c2)c1. The molecule has 46 heavy (non-hydrogen) atoms. The molecule has 0 aliphatic heterocycles. The summed E-state index contributed by atoms with van der Waals surface area (Å²) < 4.78 is 0. The van der Waals surface area contributed by atoms with E-state index in [4.69, 9.17) is 5.73 Å². The summed E-state index contributed by atoms with van der Waals surface area (Å²) in [5.74, 6) is 0. The molecule has 0 spiro atoms. The van der Waals surface area contributed by atoms with Crippen LogP contribution in [0.4, 0.5) is 0 Å². The molecule has 0 saturated heterocycles. The molecule has 4 nitrogen and oxygen atoms in total. The second-order valence-electron chi connectivity index (χ2n) is 11.2. The fourth-order valence-corrected chi connectivity index (χ4v) is 6.28. The lowest BCUT2D eigenvalue weighted by molar-refractivity contribution is 1.26. The van der Waals surface area contributed by atoms with E-state index in [9.17, 15) is 10.5 Å². The highest BCUT2D eigenvalue weighted by Crippen LogP contribution is 2.39. The highest BCUT2D eigenvalue weighted by molar-refractivity contribution is 6.26. The molecule has 0 atom stereocenters. The first kappa shape index (κ1) is 28.3. The maximum atomic E-state index is 9.35. The van der Waals surface area contributed by atoms with Crippen LogP contribution in [0.2, 0.25) is 0 Å². The summed E-state index contributed by atoms with van der Waals surface area (Å²) in [5.41, 5.74) is 14.7. The molecular formula is C42H28N4. The highest BCUT2D eigenvalue weighted by Gasteiger charge is 2.12. The van der Waals surface area contributed by atoms with Gasteiger partial charge in [0, 0.05) is 6.20 Å². The number of hydrogen-bond acceptors (Lipinski definition) is 4. The molecule has 2 N–H and O–H groups in total. The smallest absolute Gasteiger partial charge is 0.141 e. The summed E-state index contributed by atoms with van der Waals surface area (Å²) in [7, 11) is 0. The first-order valence-corrected chi connectivity index (χ1v) is 15.1. The van der Waals surface area contributed by atoms with E-state index < -0.39 is 0 Å². The Morgan fingerprint density at radius 1 is 0.587 bits per heavy atom. The van der Waals surface area contributed by atoms with E-state index in [0.717, 1.165) is 44.5 Å². The van der Waals surface area contributed by atoms with Gasteiger partial charge in [0.25, 0.3) is 0 Å². The fraction of sp³-hybridized carbons (Fsp3) is 0.0238. The van der Waals surface area contributed by atoms with Crippen molar-refractivity contribution < 1.29 is 0 Å². The van der Waals surface area contributed by atoms with Crippen LogP contribution in [0, 0.1) is 22.7 Å². The van der Waals surface area contributed by atoms with Gasteiger partial charge in [-0.2, -0.15) is 10.5 Å². The summed E-state index contributed by atoms with van der Waals surface area (Å²) in [5, 5.41) is 25.8. The topological polar surface area (TPSA) is 86.5 Å². The van der Waals surface area contributed by atoms with E-state index in [1.807, 2.05) is 43.3 Å². The molecule has 0 amide bonds. The summed E-state index contributed by atoms with van der Waals surface area (Å²) >= 11 is 0. The van der Waals surface area contributed by atoms with Crippen LogP contribution in [0.3, 0.4) is 0 Å². The summed E-state index contributed by atoms with van der Waals surface area (Å²) in [6, 6.07) is 46.7. The van der Waals surface area contributed by atoms with Crippen LogP contribution < -0.4 is 5.73 Å². The van der Waals surface area contributed by atoms with Crippen LogP contribution >= 0.6 is 0 Å².